The van der Waals surface area contributed by atoms with Crippen molar-refractivity contribution in [1.29, 1.82) is 0 Å². The van der Waals surface area contributed by atoms with Gasteiger partial charge in [-0.25, -0.2) is 13.1 Å². The minimum atomic E-state index is -3.50. The van der Waals surface area contributed by atoms with Crippen molar-refractivity contribution in [3.8, 4) is 0 Å². The monoisotopic (exact) mass is 499 g/mol. The van der Waals surface area contributed by atoms with E-state index in [0.29, 0.717) is 19.5 Å². The first-order chi connectivity index (χ1) is 16.8. The molecule has 1 aliphatic rings. The molecule has 0 radical (unpaired) electrons. The van der Waals surface area contributed by atoms with Gasteiger partial charge in [0.2, 0.25) is 21.8 Å². The third-order valence-corrected chi connectivity index (χ3v) is 7.74. The van der Waals surface area contributed by atoms with Crippen molar-refractivity contribution in [2.75, 3.05) is 6.54 Å². The summed E-state index contributed by atoms with van der Waals surface area (Å²) in [6, 6.07) is 15.8. The van der Waals surface area contributed by atoms with Crippen LogP contribution in [0.2, 0.25) is 0 Å². The van der Waals surface area contributed by atoms with Gasteiger partial charge in [-0.3, -0.25) is 9.59 Å². The molecule has 0 unspecified atom stereocenters. The van der Waals surface area contributed by atoms with Crippen LogP contribution in [0.15, 0.2) is 59.5 Å². The van der Waals surface area contributed by atoms with Gasteiger partial charge in [-0.1, -0.05) is 62.2 Å². The number of amides is 2. The van der Waals surface area contributed by atoms with Gasteiger partial charge in [0.25, 0.3) is 0 Å². The lowest BCUT2D eigenvalue weighted by Crippen LogP contribution is -2.47. The van der Waals surface area contributed by atoms with Gasteiger partial charge in [-0.15, -0.1) is 0 Å². The van der Waals surface area contributed by atoms with Crippen LogP contribution in [-0.4, -0.2) is 43.8 Å². The van der Waals surface area contributed by atoms with Gasteiger partial charge < -0.3 is 10.2 Å². The first-order valence-electron chi connectivity index (χ1n) is 12.5. The maximum Gasteiger partial charge on any atom is 0.242 e. The molecule has 2 amide bonds. The number of unbranched alkanes of at least 4 members (excludes halogenated alkanes) is 2. The second kappa shape index (κ2) is 12.8. The summed E-state index contributed by atoms with van der Waals surface area (Å²) in [6.07, 6.45) is 5.51. The van der Waals surface area contributed by atoms with E-state index in [4.69, 9.17) is 0 Å². The number of aryl methyl sites for hydroxylation is 1. The summed E-state index contributed by atoms with van der Waals surface area (Å²) in [5, 5.41) is 2.95. The molecule has 1 atom stereocenters. The summed E-state index contributed by atoms with van der Waals surface area (Å²) in [5.74, 6) is -0.264. The van der Waals surface area contributed by atoms with Crippen molar-refractivity contribution in [3.63, 3.8) is 0 Å². The Morgan fingerprint density at radius 3 is 2.31 bits per heavy atom. The Hall–Kier alpha value is -2.71. The number of benzene rings is 2. The molecule has 8 heteroatoms. The Morgan fingerprint density at radius 2 is 1.69 bits per heavy atom. The van der Waals surface area contributed by atoms with E-state index in [0.717, 1.165) is 43.2 Å². The highest BCUT2D eigenvalue weighted by atomic mass is 32.2. The van der Waals surface area contributed by atoms with E-state index >= 15 is 0 Å². The second-order valence-electron chi connectivity index (χ2n) is 9.22. The minimum Gasteiger partial charge on any atom is -0.354 e. The molecule has 0 bridgehead atoms. The number of rotatable bonds is 14. The summed E-state index contributed by atoms with van der Waals surface area (Å²) < 4.78 is 27.4. The summed E-state index contributed by atoms with van der Waals surface area (Å²) in [5.41, 5.74) is 1.84. The highest BCUT2D eigenvalue weighted by Crippen LogP contribution is 2.22. The van der Waals surface area contributed by atoms with Crippen molar-refractivity contribution in [2.24, 2.45) is 0 Å². The van der Waals surface area contributed by atoms with E-state index in [1.54, 1.807) is 36.1 Å². The first kappa shape index (κ1) is 26.9. The van der Waals surface area contributed by atoms with E-state index < -0.39 is 16.1 Å². The summed E-state index contributed by atoms with van der Waals surface area (Å²) in [4.78, 5) is 27.9. The van der Waals surface area contributed by atoms with Gasteiger partial charge in [0.05, 0.1) is 4.90 Å². The van der Waals surface area contributed by atoms with Gasteiger partial charge in [-0.05, 0) is 55.9 Å². The lowest BCUT2D eigenvalue weighted by Gasteiger charge is -2.29. The van der Waals surface area contributed by atoms with Crippen molar-refractivity contribution in [3.05, 3.63) is 65.7 Å². The van der Waals surface area contributed by atoms with Gasteiger partial charge in [0, 0.05) is 25.6 Å². The second-order valence-corrected chi connectivity index (χ2v) is 10.9. The fourth-order valence-electron chi connectivity index (χ4n) is 3.82. The standard InChI is InChI=1S/C27H37N3O4S/c1-3-4-8-19-28-27(32)21(2)30(20-23-9-6-5-7-10-23)26(31)18-13-22-11-16-25(17-12-22)35(33,34)29-24-14-15-24/h5-7,9-12,16-17,21,24,29H,3-4,8,13-15,18-20H2,1-2H3,(H,28,32)/t21-/m1/s1. The van der Waals surface area contributed by atoms with Crippen LogP contribution < -0.4 is 10.0 Å². The van der Waals surface area contributed by atoms with E-state index in [1.807, 2.05) is 30.3 Å². The SMILES string of the molecule is CCCCCNC(=O)[C@@H](C)N(Cc1ccccc1)C(=O)CCc1ccc(S(=O)(=O)NC2CC2)cc1. The molecule has 0 aliphatic heterocycles. The number of carbonyl (C=O) groups is 2. The van der Waals surface area contributed by atoms with Crippen LogP contribution in [0.4, 0.5) is 0 Å². The van der Waals surface area contributed by atoms with E-state index in [1.165, 1.54) is 0 Å². The lowest BCUT2D eigenvalue weighted by atomic mass is 10.1. The molecule has 35 heavy (non-hydrogen) atoms. The van der Waals surface area contributed by atoms with Crippen LogP contribution in [0.3, 0.4) is 0 Å². The zero-order valence-electron chi connectivity index (χ0n) is 20.7. The number of hydrogen-bond acceptors (Lipinski definition) is 4. The molecule has 3 rings (SSSR count). The average molecular weight is 500 g/mol. The molecule has 0 heterocycles. The normalized spacial score (nSPS) is 14.3. The van der Waals surface area contributed by atoms with Gasteiger partial charge in [0.15, 0.2) is 0 Å². The number of hydrogen-bond donors (Lipinski definition) is 2. The maximum absolute atomic E-state index is 13.2. The first-order valence-corrected chi connectivity index (χ1v) is 14.0. The predicted octanol–water partition coefficient (Wildman–Crippen LogP) is 3.78. The van der Waals surface area contributed by atoms with Crippen LogP contribution >= 0.6 is 0 Å². The fourth-order valence-corrected chi connectivity index (χ4v) is 5.12. The fraction of sp³-hybridized carbons (Fsp3) is 0.481. The molecule has 0 aromatic heterocycles. The van der Waals surface area contributed by atoms with Crippen LogP contribution in [0, 0.1) is 0 Å². The van der Waals surface area contributed by atoms with Gasteiger partial charge in [0.1, 0.15) is 6.04 Å². The van der Waals surface area contributed by atoms with Crippen molar-refractivity contribution in [1.82, 2.24) is 14.9 Å². The molecule has 2 N–H and O–H groups in total. The van der Waals surface area contributed by atoms with E-state index in [2.05, 4.69) is 17.0 Å². The molecule has 0 spiro atoms. The van der Waals surface area contributed by atoms with Crippen LogP contribution in [-0.2, 0) is 32.6 Å². The molecule has 1 aliphatic carbocycles. The Kier molecular flexibility index (Phi) is 9.86. The summed E-state index contributed by atoms with van der Waals surface area (Å²) >= 11 is 0. The average Bonchev–Trinajstić information content (AvgIpc) is 3.67. The van der Waals surface area contributed by atoms with Crippen molar-refractivity contribution >= 4 is 21.8 Å². The third kappa shape index (κ3) is 8.47. The zero-order valence-corrected chi connectivity index (χ0v) is 21.5. The summed E-state index contributed by atoms with van der Waals surface area (Å²) in [7, 11) is -3.50. The number of carbonyl (C=O) groups excluding carboxylic acids is 2. The van der Waals surface area contributed by atoms with Crippen molar-refractivity contribution in [2.45, 2.75) is 82.3 Å². The Balaban J connectivity index is 1.62. The smallest absolute Gasteiger partial charge is 0.242 e. The summed E-state index contributed by atoms with van der Waals surface area (Å²) in [6.45, 7) is 4.84. The molecule has 2 aromatic carbocycles. The lowest BCUT2D eigenvalue weighted by molar-refractivity contribution is -0.140. The highest BCUT2D eigenvalue weighted by Gasteiger charge is 2.28. The van der Waals surface area contributed by atoms with Gasteiger partial charge in [-0.2, -0.15) is 0 Å². The molecule has 0 saturated heterocycles. The van der Waals surface area contributed by atoms with Crippen LogP contribution in [0.1, 0.15) is 63.5 Å². The quantitative estimate of drug-likeness (QED) is 0.387. The Bertz CT molecular complexity index is 1070. The molecule has 2 aromatic rings. The van der Waals surface area contributed by atoms with E-state index in [-0.39, 0.29) is 29.2 Å². The Morgan fingerprint density at radius 1 is 1.00 bits per heavy atom. The topological polar surface area (TPSA) is 95.6 Å². The number of nitrogens with one attached hydrogen (secondary N) is 2. The number of nitrogens with zero attached hydrogens (tertiary/aromatic N) is 1. The molecule has 7 nitrogen and oxygen atoms in total. The zero-order chi connectivity index (χ0) is 25.3. The van der Waals surface area contributed by atoms with Crippen molar-refractivity contribution < 1.29 is 18.0 Å². The molecular weight excluding hydrogens is 462 g/mol. The van der Waals surface area contributed by atoms with Gasteiger partial charge >= 0.3 is 0 Å². The largest absolute Gasteiger partial charge is 0.354 e. The molecule has 190 valence electrons. The van der Waals surface area contributed by atoms with E-state index in [9.17, 15) is 18.0 Å². The molecular formula is C27H37N3O4S. The van der Waals surface area contributed by atoms with Crippen LogP contribution in [0.25, 0.3) is 0 Å². The molecule has 1 saturated carbocycles. The molecule has 1 fully saturated rings. The predicted molar refractivity (Wildman–Crippen MR) is 137 cm³/mol. The number of sulfonamides is 1. The Labute approximate surface area is 209 Å². The maximum atomic E-state index is 13.2. The third-order valence-electron chi connectivity index (χ3n) is 6.20. The minimum absolute atomic E-state index is 0.0544. The highest BCUT2D eigenvalue weighted by molar-refractivity contribution is 7.89. The van der Waals surface area contributed by atoms with Crippen LogP contribution in [0.5, 0.6) is 0 Å².